The summed E-state index contributed by atoms with van der Waals surface area (Å²) in [5.74, 6) is -2.00. The summed E-state index contributed by atoms with van der Waals surface area (Å²) in [5, 5.41) is 6.06. The Balaban J connectivity index is 2.20. The molecule has 0 spiro atoms. The van der Waals surface area contributed by atoms with Crippen molar-refractivity contribution in [1.82, 2.24) is 15.2 Å². The van der Waals surface area contributed by atoms with Crippen molar-refractivity contribution >= 4 is 18.4 Å². The van der Waals surface area contributed by atoms with E-state index in [0.29, 0.717) is 0 Å². The number of nitrogens with one attached hydrogen (secondary N) is 1. The molecule has 2 aromatic heterocycles. The van der Waals surface area contributed by atoms with Gasteiger partial charge in [-0.25, -0.2) is 18.9 Å². The van der Waals surface area contributed by atoms with Crippen LogP contribution in [0.4, 0.5) is 8.78 Å². The molecular formula is C16H14F2N3O5P. The summed E-state index contributed by atoms with van der Waals surface area (Å²) in [6.07, 6.45) is 0.542. The number of fused-ring (bicyclic) bond motifs is 1. The van der Waals surface area contributed by atoms with Crippen LogP contribution in [0.3, 0.4) is 0 Å². The Hall–Kier alpha value is -2.68. The zero-order chi connectivity index (χ0) is 19.8. The maximum atomic E-state index is 14.7. The zero-order valence-electron chi connectivity index (χ0n) is 13.9. The first-order chi connectivity index (χ1) is 12.7. The van der Waals surface area contributed by atoms with Gasteiger partial charge < -0.3 is 14.5 Å². The SMILES string of the molecule is COc1cc2cn[nH]c(=O)c2c(-c2c(F)cc(CCP(=O)(O)O)cc2F)n1. The highest BCUT2D eigenvalue weighted by Gasteiger charge is 2.21. The molecule has 3 N–H and O–H groups in total. The molecular weight excluding hydrogens is 383 g/mol. The van der Waals surface area contributed by atoms with Gasteiger partial charge in [-0.05, 0) is 24.1 Å². The Morgan fingerprint density at radius 3 is 2.48 bits per heavy atom. The van der Waals surface area contributed by atoms with E-state index in [1.807, 2.05) is 0 Å². The molecule has 0 radical (unpaired) electrons. The standard InChI is InChI=1S/C16H14F2N3O5P/c1-26-12-6-9-7-19-21-16(22)13(9)15(20-12)14-10(17)4-8(5-11(14)18)2-3-27(23,24)25/h4-7H,2-3H2,1H3,(H,21,22)(H2,23,24,25). The molecule has 0 bridgehead atoms. The maximum absolute atomic E-state index is 14.7. The number of nitrogens with zero attached hydrogens (tertiary/aromatic N) is 2. The Morgan fingerprint density at radius 1 is 1.22 bits per heavy atom. The van der Waals surface area contributed by atoms with Gasteiger partial charge in [-0.15, -0.1) is 0 Å². The van der Waals surface area contributed by atoms with E-state index in [0.717, 1.165) is 12.1 Å². The van der Waals surface area contributed by atoms with Gasteiger partial charge in [-0.3, -0.25) is 9.36 Å². The largest absolute Gasteiger partial charge is 0.481 e. The van der Waals surface area contributed by atoms with Crippen LogP contribution in [0.5, 0.6) is 5.88 Å². The molecule has 3 rings (SSSR count). The molecule has 1 aromatic carbocycles. The van der Waals surface area contributed by atoms with Gasteiger partial charge in [0.2, 0.25) is 5.88 Å². The molecule has 0 aliphatic carbocycles. The van der Waals surface area contributed by atoms with E-state index in [9.17, 15) is 18.1 Å². The monoisotopic (exact) mass is 397 g/mol. The molecule has 0 saturated heterocycles. The van der Waals surface area contributed by atoms with Crippen LogP contribution in [0.15, 0.2) is 29.2 Å². The van der Waals surface area contributed by atoms with Crippen LogP contribution in [-0.2, 0) is 11.0 Å². The number of H-pyrrole nitrogens is 1. The first-order valence-corrected chi connectivity index (χ1v) is 9.44. The predicted octanol–water partition coefficient (Wildman–Crippen LogP) is 1.99. The van der Waals surface area contributed by atoms with Crippen LogP contribution in [0.2, 0.25) is 0 Å². The minimum absolute atomic E-state index is 0.0364. The lowest BCUT2D eigenvalue weighted by molar-refractivity contribution is 0.373. The molecule has 0 aliphatic heterocycles. The molecule has 3 aromatic rings. The van der Waals surface area contributed by atoms with Crippen LogP contribution in [0.1, 0.15) is 5.56 Å². The van der Waals surface area contributed by atoms with Crippen LogP contribution in [-0.4, -0.2) is 38.2 Å². The lowest BCUT2D eigenvalue weighted by atomic mass is 10.0. The lowest BCUT2D eigenvalue weighted by Gasteiger charge is -2.11. The Labute approximate surface area is 151 Å². The molecule has 11 heteroatoms. The van der Waals surface area contributed by atoms with Gasteiger partial charge in [0.05, 0.1) is 36.1 Å². The third kappa shape index (κ3) is 4.02. The number of hydrogen-bond donors (Lipinski definition) is 3. The first-order valence-electron chi connectivity index (χ1n) is 7.65. The number of aromatic amines is 1. The van der Waals surface area contributed by atoms with Crippen molar-refractivity contribution in [3.63, 3.8) is 0 Å². The zero-order valence-corrected chi connectivity index (χ0v) is 14.8. The van der Waals surface area contributed by atoms with E-state index in [-0.39, 0.29) is 34.3 Å². The van der Waals surface area contributed by atoms with E-state index in [4.69, 9.17) is 14.5 Å². The quantitative estimate of drug-likeness (QED) is 0.562. The predicted molar refractivity (Wildman–Crippen MR) is 92.7 cm³/mol. The topological polar surface area (TPSA) is 125 Å². The molecule has 0 aliphatic rings. The molecule has 2 heterocycles. The van der Waals surface area contributed by atoms with Gasteiger partial charge in [-0.2, -0.15) is 5.10 Å². The Morgan fingerprint density at radius 2 is 1.89 bits per heavy atom. The Bertz CT molecular complexity index is 1110. The van der Waals surface area contributed by atoms with E-state index < -0.39 is 36.5 Å². The van der Waals surface area contributed by atoms with Gasteiger partial charge >= 0.3 is 7.60 Å². The summed E-state index contributed by atoms with van der Waals surface area (Å²) < 4.78 is 45.3. The summed E-state index contributed by atoms with van der Waals surface area (Å²) in [5.41, 5.74) is -1.41. The molecule has 0 atom stereocenters. The van der Waals surface area contributed by atoms with Crippen LogP contribution in [0, 0.1) is 11.6 Å². The average Bonchev–Trinajstić information content (AvgIpc) is 2.58. The number of aromatic nitrogens is 3. The van der Waals surface area contributed by atoms with E-state index in [1.165, 1.54) is 19.4 Å². The van der Waals surface area contributed by atoms with Crippen LogP contribution in [0.25, 0.3) is 22.0 Å². The highest BCUT2D eigenvalue weighted by molar-refractivity contribution is 7.51. The lowest BCUT2D eigenvalue weighted by Crippen LogP contribution is -2.11. The van der Waals surface area contributed by atoms with Crippen LogP contribution < -0.4 is 10.3 Å². The normalized spacial score (nSPS) is 11.7. The molecule has 0 saturated carbocycles. The second-order valence-electron chi connectivity index (χ2n) is 5.75. The highest BCUT2D eigenvalue weighted by Crippen LogP contribution is 2.36. The number of hydrogen-bond acceptors (Lipinski definition) is 5. The van der Waals surface area contributed by atoms with Gasteiger partial charge in [0.1, 0.15) is 11.6 Å². The number of aryl methyl sites for hydroxylation is 1. The van der Waals surface area contributed by atoms with E-state index in [2.05, 4.69) is 15.2 Å². The number of methoxy groups -OCH3 is 1. The van der Waals surface area contributed by atoms with Crippen molar-refractivity contribution in [2.24, 2.45) is 0 Å². The second kappa shape index (κ2) is 7.15. The van der Waals surface area contributed by atoms with Gasteiger partial charge in [0.25, 0.3) is 5.56 Å². The fourth-order valence-electron chi connectivity index (χ4n) is 2.65. The third-order valence-electron chi connectivity index (χ3n) is 3.86. The molecule has 27 heavy (non-hydrogen) atoms. The molecule has 142 valence electrons. The molecule has 0 fully saturated rings. The fraction of sp³-hybridized carbons (Fsp3) is 0.188. The van der Waals surface area contributed by atoms with Gasteiger partial charge in [-0.1, -0.05) is 0 Å². The summed E-state index contributed by atoms with van der Waals surface area (Å²) in [7, 11) is -2.99. The average molecular weight is 397 g/mol. The van der Waals surface area contributed by atoms with Gasteiger partial charge in [0.15, 0.2) is 0 Å². The number of benzene rings is 1. The smallest absolute Gasteiger partial charge is 0.325 e. The minimum atomic E-state index is -4.31. The summed E-state index contributed by atoms with van der Waals surface area (Å²) in [4.78, 5) is 34.0. The number of ether oxygens (including phenoxy) is 1. The van der Waals surface area contributed by atoms with E-state index >= 15 is 0 Å². The summed E-state index contributed by atoms with van der Waals surface area (Å²) in [6, 6.07) is 3.32. The maximum Gasteiger partial charge on any atom is 0.325 e. The fourth-order valence-corrected chi connectivity index (χ4v) is 3.20. The summed E-state index contributed by atoms with van der Waals surface area (Å²) in [6.45, 7) is 0. The second-order valence-corrected chi connectivity index (χ2v) is 7.53. The van der Waals surface area contributed by atoms with Crippen molar-refractivity contribution < 1.29 is 27.9 Å². The number of halogens is 2. The Kier molecular flexibility index (Phi) is 5.05. The first kappa shape index (κ1) is 19.1. The summed E-state index contributed by atoms with van der Waals surface area (Å²) >= 11 is 0. The molecule has 0 unspecified atom stereocenters. The van der Waals surface area contributed by atoms with Crippen molar-refractivity contribution in [2.75, 3.05) is 13.3 Å². The van der Waals surface area contributed by atoms with Crippen molar-refractivity contribution in [2.45, 2.75) is 6.42 Å². The van der Waals surface area contributed by atoms with Crippen molar-refractivity contribution in [1.29, 1.82) is 0 Å². The minimum Gasteiger partial charge on any atom is -0.481 e. The molecule has 8 nitrogen and oxygen atoms in total. The number of pyridine rings is 1. The van der Waals surface area contributed by atoms with Crippen LogP contribution >= 0.6 is 7.60 Å². The highest BCUT2D eigenvalue weighted by atomic mass is 31.2. The van der Waals surface area contributed by atoms with Crippen molar-refractivity contribution in [3.8, 4) is 17.1 Å². The van der Waals surface area contributed by atoms with Crippen molar-refractivity contribution in [3.05, 3.63) is 51.9 Å². The number of rotatable bonds is 5. The van der Waals surface area contributed by atoms with E-state index in [1.54, 1.807) is 0 Å². The molecule has 0 amide bonds. The third-order valence-corrected chi connectivity index (χ3v) is 4.67. The van der Waals surface area contributed by atoms with Gasteiger partial charge in [0, 0.05) is 11.5 Å².